The second kappa shape index (κ2) is 11.3. The molecule has 0 aliphatic carbocycles. The van der Waals surface area contributed by atoms with Crippen LogP contribution in [0.4, 0.5) is 11.6 Å². The Hall–Kier alpha value is -4.11. The molecule has 4 aromatic rings. The highest BCUT2D eigenvalue weighted by Crippen LogP contribution is 2.22. The van der Waals surface area contributed by atoms with Crippen LogP contribution in [0.1, 0.15) is 17.4 Å². The maximum atomic E-state index is 12.5. The number of carbonyl (C=O) groups is 2. The number of halogens is 1. The number of amides is 2. The fourth-order valence-corrected chi connectivity index (χ4v) is 3.57. The molecule has 2 aromatic heterocycles. The zero-order chi connectivity index (χ0) is 24.6. The number of anilines is 2. The Morgan fingerprint density at radius 3 is 2.17 bits per heavy atom. The van der Waals surface area contributed by atoms with E-state index >= 15 is 0 Å². The summed E-state index contributed by atoms with van der Waals surface area (Å²) in [6, 6.07) is 18.6. The summed E-state index contributed by atoms with van der Waals surface area (Å²) in [4.78, 5) is 35.9. The van der Waals surface area contributed by atoms with Gasteiger partial charge in [-0.2, -0.15) is 0 Å². The van der Waals surface area contributed by atoms with Gasteiger partial charge < -0.3 is 26.3 Å². The number of fused-ring (bicyclic) bond motifs is 1. The topological polar surface area (TPSA) is 124 Å². The Balaban J connectivity index is 1.38. The first-order valence-corrected chi connectivity index (χ1v) is 11.6. The summed E-state index contributed by atoms with van der Waals surface area (Å²) in [5.74, 6) is 1.48. The van der Waals surface area contributed by atoms with E-state index in [4.69, 9.17) is 11.6 Å². The van der Waals surface area contributed by atoms with Crippen LogP contribution in [-0.2, 0) is 4.79 Å². The van der Waals surface area contributed by atoms with Crippen LogP contribution in [0.2, 0.25) is 5.02 Å². The van der Waals surface area contributed by atoms with Gasteiger partial charge in [-0.15, -0.1) is 0 Å². The van der Waals surface area contributed by atoms with Gasteiger partial charge in [0.1, 0.15) is 17.3 Å². The third-order valence-electron chi connectivity index (χ3n) is 5.12. The molecule has 0 aliphatic heterocycles. The molecule has 9 nitrogen and oxygen atoms in total. The molecule has 0 fully saturated rings. The van der Waals surface area contributed by atoms with Crippen LogP contribution in [0, 0.1) is 0 Å². The molecule has 35 heavy (non-hydrogen) atoms. The van der Waals surface area contributed by atoms with Crippen molar-refractivity contribution >= 4 is 46.0 Å². The van der Waals surface area contributed by atoms with E-state index in [0.717, 1.165) is 16.5 Å². The zero-order valence-corrected chi connectivity index (χ0v) is 19.9. The minimum atomic E-state index is -0.173. The van der Waals surface area contributed by atoms with Gasteiger partial charge in [0.25, 0.3) is 5.91 Å². The average molecular weight is 492 g/mol. The van der Waals surface area contributed by atoms with E-state index in [1.807, 2.05) is 42.5 Å². The smallest absolute Gasteiger partial charge is 0.267 e. The van der Waals surface area contributed by atoms with Crippen molar-refractivity contribution in [2.75, 3.05) is 36.8 Å². The number of aromatic nitrogens is 3. The monoisotopic (exact) mass is 491 g/mol. The van der Waals surface area contributed by atoms with E-state index < -0.39 is 0 Å². The Morgan fingerprint density at radius 2 is 1.51 bits per heavy atom. The lowest BCUT2D eigenvalue weighted by Gasteiger charge is -2.12. The number of para-hydroxylation sites is 1. The lowest BCUT2D eigenvalue weighted by molar-refractivity contribution is -0.118. The van der Waals surface area contributed by atoms with Crippen LogP contribution in [0.25, 0.3) is 22.3 Å². The molecule has 0 saturated carbocycles. The number of hydrogen-bond acceptors (Lipinski definition) is 6. The number of hydrogen-bond donors (Lipinski definition) is 5. The van der Waals surface area contributed by atoms with E-state index in [1.54, 1.807) is 18.2 Å². The molecule has 2 amide bonds. The maximum absolute atomic E-state index is 12.5. The fraction of sp³-hybridized carbons (Fsp3) is 0.200. The highest BCUT2D eigenvalue weighted by Gasteiger charge is 2.10. The normalized spacial score (nSPS) is 10.7. The third-order valence-corrected chi connectivity index (χ3v) is 5.38. The van der Waals surface area contributed by atoms with Crippen LogP contribution < -0.4 is 21.3 Å². The second-order valence-corrected chi connectivity index (χ2v) is 8.27. The van der Waals surface area contributed by atoms with Crippen molar-refractivity contribution in [3.05, 3.63) is 71.4 Å². The van der Waals surface area contributed by atoms with E-state index in [2.05, 4.69) is 36.2 Å². The van der Waals surface area contributed by atoms with E-state index in [9.17, 15) is 9.59 Å². The maximum Gasteiger partial charge on any atom is 0.267 e. The molecule has 0 spiro atoms. The van der Waals surface area contributed by atoms with Gasteiger partial charge in [0.15, 0.2) is 5.82 Å². The standard InChI is InChI=1S/C25H26ClN7O2/c1-16(34)27-10-11-28-22-15-23(33-24(32-22)17-6-8-19(26)9-7-17)29-12-13-30-25(35)21-14-18-4-2-3-5-20(18)31-21/h2-9,14-15,31H,10-13H2,1H3,(H,27,34)(H,30,35)(H2,28,29,32,33). The summed E-state index contributed by atoms with van der Waals surface area (Å²) in [5, 5.41) is 13.7. The molecule has 0 bridgehead atoms. The number of nitrogens with zero attached hydrogens (tertiary/aromatic N) is 2. The molecule has 0 atom stereocenters. The highest BCUT2D eigenvalue weighted by atomic mass is 35.5. The zero-order valence-electron chi connectivity index (χ0n) is 19.2. The predicted octanol–water partition coefficient (Wildman–Crippen LogP) is 3.67. The SMILES string of the molecule is CC(=O)NCCNc1cc(NCCNC(=O)c2cc3ccccc3[nH]2)nc(-c2ccc(Cl)cc2)n1. The summed E-state index contributed by atoms with van der Waals surface area (Å²) in [6.07, 6.45) is 0. The molecule has 4 rings (SSSR count). The number of nitrogens with one attached hydrogen (secondary N) is 5. The summed E-state index contributed by atoms with van der Waals surface area (Å²) in [7, 11) is 0. The Bertz CT molecular complexity index is 1290. The number of rotatable bonds is 10. The van der Waals surface area contributed by atoms with Gasteiger partial charge in [0.05, 0.1) is 0 Å². The van der Waals surface area contributed by atoms with Crippen LogP contribution in [0.5, 0.6) is 0 Å². The first-order valence-electron chi connectivity index (χ1n) is 11.2. The van der Waals surface area contributed by atoms with Crippen molar-refractivity contribution in [2.24, 2.45) is 0 Å². The molecule has 0 radical (unpaired) electrons. The van der Waals surface area contributed by atoms with E-state index in [-0.39, 0.29) is 11.8 Å². The van der Waals surface area contributed by atoms with Crippen molar-refractivity contribution in [2.45, 2.75) is 6.92 Å². The van der Waals surface area contributed by atoms with Crippen LogP contribution in [-0.4, -0.2) is 52.9 Å². The third kappa shape index (κ3) is 6.70. The fourth-order valence-electron chi connectivity index (χ4n) is 3.44. The summed E-state index contributed by atoms with van der Waals surface area (Å²) in [6.45, 7) is 3.32. The van der Waals surface area contributed by atoms with Crippen molar-refractivity contribution in [3.63, 3.8) is 0 Å². The number of carbonyl (C=O) groups excluding carboxylic acids is 2. The lowest BCUT2D eigenvalue weighted by atomic mass is 10.2. The first-order chi connectivity index (χ1) is 17.0. The molecular weight excluding hydrogens is 466 g/mol. The quantitative estimate of drug-likeness (QED) is 0.216. The van der Waals surface area contributed by atoms with Gasteiger partial charge in [-0.1, -0.05) is 29.8 Å². The van der Waals surface area contributed by atoms with Crippen molar-refractivity contribution in [1.29, 1.82) is 0 Å². The Morgan fingerprint density at radius 1 is 0.857 bits per heavy atom. The molecule has 2 heterocycles. The molecule has 5 N–H and O–H groups in total. The van der Waals surface area contributed by atoms with Gasteiger partial charge >= 0.3 is 0 Å². The summed E-state index contributed by atoms with van der Waals surface area (Å²) in [5.41, 5.74) is 2.25. The summed E-state index contributed by atoms with van der Waals surface area (Å²) >= 11 is 6.01. The van der Waals surface area contributed by atoms with Crippen LogP contribution >= 0.6 is 11.6 Å². The van der Waals surface area contributed by atoms with Crippen LogP contribution in [0.3, 0.4) is 0 Å². The molecular formula is C25H26ClN7O2. The Kier molecular flexibility index (Phi) is 7.79. The van der Waals surface area contributed by atoms with Gasteiger partial charge in [-0.25, -0.2) is 9.97 Å². The predicted molar refractivity (Wildman–Crippen MR) is 139 cm³/mol. The highest BCUT2D eigenvalue weighted by molar-refractivity contribution is 6.30. The molecule has 180 valence electrons. The lowest BCUT2D eigenvalue weighted by Crippen LogP contribution is -2.29. The van der Waals surface area contributed by atoms with E-state index in [1.165, 1.54) is 6.92 Å². The first kappa shape index (κ1) is 24.0. The largest absolute Gasteiger partial charge is 0.368 e. The molecule has 10 heteroatoms. The van der Waals surface area contributed by atoms with Gasteiger partial charge in [-0.05, 0) is 36.4 Å². The molecule has 0 unspecified atom stereocenters. The van der Waals surface area contributed by atoms with Crippen molar-refractivity contribution in [3.8, 4) is 11.4 Å². The second-order valence-electron chi connectivity index (χ2n) is 7.83. The van der Waals surface area contributed by atoms with E-state index in [0.29, 0.717) is 54.4 Å². The average Bonchev–Trinajstić information content (AvgIpc) is 3.29. The van der Waals surface area contributed by atoms with Gasteiger partial charge in [0.2, 0.25) is 5.91 Å². The molecule has 0 aliphatic rings. The molecule has 2 aromatic carbocycles. The number of aromatic amines is 1. The minimum absolute atomic E-state index is 0.0896. The number of benzene rings is 2. The Labute approximate surface area is 207 Å². The van der Waals surface area contributed by atoms with Crippen molar-refractivity contribution < 1.29 is 9.59 Å². The van der Waals surface area contributed by atoms with Gasteiger partial charge in [0, 0.05) is 60.7 Å². The summed E-state index contributed by atoms with van der Waals surface area (Å²) < 4.78 is 0. The molecule has 0 saturated heterocycles. The van der Waals surface area contributed by atoms with Crippen molar-refractivity contribution in [1.82, 2.24) is 25.6 Å². The number of H-pyrrole nitrogens is 1. The van der Waals surface area contributed by atoms with Crippen LogP contribution in [0.15, 0.2) is 60.7 Å². The minimum Gasteiger partial charge on any atom is -0.368 e. The van der Waals surface area contributed by atoms with Gasteiger partial charge in [-0.3, -0.25) is 9.59 Å².